The molecule has 1 heterocycles. The summed E-state index contributed by atoms with van der Waals surface area (Å²) in [4.78, 5) is 24.3. The van der Waals surface area contributed by atoms with Gasteiger partial charge in [-0.15, -0.1) is 0 Å². The number of rotatable bonds is 2. The number of nitrogens with one attached hydrogen (secondary N) is 1. The Morgan fingerprint density at radius 2 is 1.62 bits per heavy atom. The van der Waals surface area contributed by atoms with Crippen molar-refractivity contribution in [3.63, 3.8) is 0 Å². The lowest BCUT2D eigenvalue weighted by Gasteiger charge is -2.17. The van der Waals surface area contributed by atoms with Gasteiger partial charge in [-0.05, 0) is 36.8 Å². The number of benzene rings is 2. The Bertz CT molecular complexity index is 634. The summed E-state index contributed by atoms with van der Waals surface area (Å²) < 4.78 is 0. The van der Waals surface area contributed by atoms with E-state index < -0.39 is 17.7 Å². The maximum atomic E-state index is 12.2. The van der Waals surface area contributed by atoms with Gasteiger partial charge in [-0.1, -0.05) is 41.4 Å². The fourth-order valence-electron chi connectivity index (χ4n) is 2.25. The molecule has 1 aliphatic heterocycles. The molecule has 1 saturated heterocycles. The van der Waals surface area contributed by atoms with E-state index in [1.54, 1.807) is 24.3 Å². The molecule has 0 radical (unpaired) electrons. The molecule has 0 aromatic heterocycles. The van der Waals surface area contributed by atoms with Gasteiger partial charge >= 0.3 is 5.91 Å². The van der Waals surface area contributed by atoms with Crippen molar-refractivity contribution in [3.8, 4) is 0 Å². The molecule has 3 rings (SSSR count). The topological polar surface area (TPSA) is 49.4 Å². The van der Waals surface area contributed by atoms with E-state index in [1.165, 1.54) is 5.01 Å². The Balaban J connectivity index is 1.90. The van der Waals surface area contributed by atoms with E-state index >= 15 is 0 Å². The number of nitrogens with zero attached hydrogens (tertiary/aromatic N) is 1. The van der Waals surface area contributed by atoms with E-state index in [0.717, 1.165) is 11.1 Å². The van der Waals surface area contributed by atoms with Crippen LogP contribution in [0.1, 0.15) is 17.2 Å². The molecule has 0 saturated carbocycles. The van der Waals surface area contributed by atoms with Gasteiger partial charge in [0, 0.05) is 5.02 Å². The second-order valence-electron chi connectivity index (χ2n) is 4.95. The van der Waals surface area contributed by atoms with Gasteiger partial charge in [0.1, 0.15) is 6.04 Å². The molecule has 0 aliphatic carbocycles. The monoisotopic (exact) mass is 300 g/mol. The fourth-order valence-corrected chi connectivity index (χ4v) is 2.37. The molecule has 21 heavy (non-hydrogen) atoms. The second kappa shape index (κ2) is 5.31. The van der Waals surface area contributed by atoms with Gasteiger partial charge in [0.2, 0.25) is 5.78 Å². The second-order valence-corrected chi connectivity index (χ2v) is 5.39. The number of hydrazine groups is 1. The van der Waals surface area contributed by atoms with Crippen LogP contribution in [0.3, 0.4) is 0 Å². The first kappa shape index (κ1) is 13.8. The van der Waals surface area contributed by atoms with E-state index in [4.69, 9.17) is 11.6 Å². The minimum Gasteiger partial charge on any atom is -0.286 e. The van der Waals surface area contributed by atoms with Crippen LogP contribution in [0.15, 0.2) is 48.5 Å². The lowest BCUT2D eigenvalue weighted by molar-refractivity contribution is -0.134. The van der Waals surface area contributed by atoms with Crippen molar-refractivity contribution in [2.75, 3.05) is 5.01 Å². The average Bonchev–Trinajstić information content (AvgIpc) is 2.78. The van der Waals surface area contributed by atoms with Gasteiger partial charge in [-0.2, -0.15) is 0 Å². The maximum absolute atomic E-state index is 12.2. The zero-order valence-corrected chi connectivity index (χ0v) is 12.1. The first-order valence-electron chi connectivity index (χ1n) is 6.53. The van der Waals surface area contributed by atoms with Crippen LogP contribution < -0.4 is 10.4 Å². The summed E-state index contributed by atoms with van der Waals surface area (Å²) in [5.41, 5.74) is 5.42. The highest BCUT2D eigenvalue weighted by molar-refractivity contribution is 6.45. The van der Waals surface area contributed by atoms with Crippen molar-refractivity contribution < 1.29 is 9.59 Å². The van der Waals surface area contributed by atoms with Crippen LogP contribution in [0.4, 0.5) is 5.69 Å². The summed E-state index contributed by atoms with van der Waals surface area (Å²) in [7, 11) is 0. The molecule has 2 aromatic carbocycles. The molecule has 0 bridgehead atoms. The number of hydrogen-bond acceptors (Lipinski definition) is 3. The first-order chi connectivity index (χ1) is 10.1. The molecule has 106 valence electrons. The number of halogens is 1. The van der Waals surface area contributed by atoms with Gasteiger partial charge in [-0.3, -0.25) is 9.59 Å². The number of carbonyl (C=O) groups is 2. The summed E-state index contributed by atoms with van der Waals surface area (Å²) in [5.74, 6) is -1.03. The highest BCUT2D eigenvalue weighted by Gasteiger charge is 2.40. The predicted molar refractivity (Wildman–Crippen MR) is 81.0 cm³/mol. The van der Waals surface area contributed by atoms with Crippen LogP contribution in [-0.4, -0.2) is 11.7 Å². The van der Waals surface area contributed by atoms with Crippen molar-refractivity contribution in [3.05, 3.63) is 64.7 Å². The average molecular weight is 301 g/mol. The van der Waals surface area contributed by atoms with E-state index in [-0.39, 0.29) is 0 Å². The molecule has 1 atom stereocenters. The Kier molecular flexibility index (Phi) is 3.49. The zero-order chi connectivity index (χ0) is 15.0. The van der Waals surface area contributed by atoms with Gasteiger partial charge in [0.05, 0.1) is 5.69 Å². The minimum absolute atomic E-state index is 0.464. The predicted octanol–water partition coefficient (Wildman–Crippen LogP) is 2.81. The molecular formula is C16H13ClN2O2. The standard InChI is InChI=1S/C16H13ClN2O2/c1-10-2-4-11(5-3-10)14-15(20)16(21)19(18-14)13-8-6-12(17)7-9-13/h2-9,14,18H,1H3. The molecule has 1 unspecified atom stereocenters. The largest absolute Gasteiger partial charge is 0.310 e. The van der Waals surface area contributed by atoms with Crippen molar-refractivity contribution in [2.45, 2.75) is 13.0 Å². The highest BCUT2D eigenvalue weighted by Crippen LogP contribution is 2.26. The normalized spacial score (nSPS) is 18.4. The Hall–Kier alpha value is -2.17. The van der Waals surface area contributed by atoms with Gasteiger partial charge in [-0.25, -0.2) is 10.4 Å². The van der Waals surface area contributed by atoms with E-state index in [9.17, 15) is 9.59 Å². The van der Waals surface area contributed by atoms with E-state index in [2.05, 4.69) is 5.43 Å². The summed E-state index contributed by atoms with van der Waals surface area (Å²) in [6, 6.07) is 13.6. The SMILES string of the molecule is Cc1ccc(C2NN(c3ccc(Cl)cc3)C(=O)C2=O)cc1. The highest BCUT2D eigenvalue weighted by atomic mass is 35.5. The summed E-state index contributed by atoms with van der Waals surface area (Å²) in [6.07, 6.45) is 0. The number of hydrogen-bond donors (Lipinski definition) is 1. The van der Waals surface area contributed by atoms with Crippen molar-refractivity contribution in [1.29, 1.82) is 0 Å². The van der Waals surface area contributed by atoms with Crippen LogP contribution in [0.5, 0.6) is 0 Å². The fraction of sp³-hybridized carbons (Fsp3) is 0.125. The number of carbonyl (C=O) groups excluding carboxylic acids is 2. The quantitative estimate of drug-likeness (QED) is 0.868. The van der Waals surface area contributed by atoms with E-state index in [1.807, 2.05) is 31.2 Å². The van der Waals surface area contributed by atoms with Crippen LogP contribution >= 0.6 is 11.6 Å². The van der Waals surface area contributed by atoms with Crippen LogP contribution in [0.2, 0.25) is 5.02 Å². The summed E-state index contributed by atoms with van der Waals surface area (Å²) in [6.45, 7) is 1.97. The molecule has 1 amide bonds. The van der Waals surface area contributed by atoms with Gasteiger partial charge < -0.3 is 0 Å². The van der Waals surface area contributed by atoms with Crippen molar-refractivity contribution >= 4 is 29.0 Å². The third-order valence-electron chi connectivity index (χ3n) is 3.43. The van der Waals surface area contributed by atoms with Crippen molar-refractivity contribution in [2.24, 2.45) is 0 Å². The molecule has 0 spiro atoms. The third-order valence-corrected chi connectivity index (χ3v) is 3.68. The Labute approximate surface area is 127 Å². The number of aryl methyl sites for hydroxylation is 1. The number of amides is 1. The summed E-state index contributed by atoms with van der Waals surface area (Å²) in [5, 5.41) is 1.84. The summed E-state index contributed by atoms with van der Waals surface area (Å²) >= 11 is 5.83. The van der Waals surface area contributed by atoms with E-state index in [0.29, 0.717) is 10.7 Å². The molecule has 5 heteroatoms. The number of ketones is 1. The van der Waals surface area contributed by atoms with Gasteiger partial charge in [0.15, 0.2) is 0 Å². The zero-order valence-electron chi connectivity index (χ0n) is 11.3. The van der Waals surface area contributed by atoms with Crippen LogP contribution in [0, 0.1) is 6.92 Å². The molecule has 1 fully saturated rings. The molecule has 4 nitrogen and oxygen atoms in total. The molecule has 1 N–H and O–H groups in total. The smallest absolute Gasteiger partial charge is 0.286 e. The van der Waals surface area contributed by atoms with Crippen LogP contribution in [0.25, 0.3) is 0 Å². The van der Waals surface area contributed by atoms with Crippen molar-refractivity contribution in [1.82, 2.24) is 5.43 Å². The first-order valence-corrected chi connectivity index (χ1v) is 6.90. The number of Topliss-reactive ketones (excluding diaryl/α,β-unsaturated/α-hetero) is 1. The Morgan fingerprint density at radius 3 is 2.24 bits per heavy atom. The van der Waals surface area contributed by atoms with Crippen LogP contribution in [-0.2, 0) is 9.59 Å². The maximum Gasteiger partial charge on any atom is 0.310 e. The molecule has 2 aromatic rings. The lowest BCUT2D eigenvalue weighted by Crippen LogP contribution is -2.35. The molecular weight excluding hydrogens is 288 g/mol. The lowest BCUT2D eigenvalue weighted by atomic mass is 10.0. The third kappa shape index (κ3) is 2.55. The Morgan fingerprint density at radius 1 is 1.00 bits per heavy atom. The minimum atomic E-state index is -0.645. The molecule has 1 aliphatic rings. The van der Waals surface area contributed by atoms with Gasteiger partial charge in [0.25, 0.3) is 0 Å². The number of anilines is 1.